The van der Waals surface area contributed by atoms with Crippen molar-refractivity contribution >= 4 is 11.9 Å². The van der Waals surface area contributed by atoms with Crippen LogP contribution in [-0.4, -0.2) is 11.9 Å². The summed E-state index contributed by atoms with van der Waals surface area (Å²) in [5, 5.41) is 4.97. The fraction of sp³-hybridized carbons (Fsp3) is 0.125. The zero-order valence-electron chi connectivity index (χ0n) is 11.8. The smallest absolute Gasteiger partial charge is 0.318 e. The molecule has 0 aromatic heterocycles. The fourth-order valence-electron chi connectivity index (χ4n) is 2.05. The van der Waals surface area contributed by atoms with Crippen LogP contribution in [0.15, 0.2) is 54.6 Å². The molecule has 3 amide bonds. The predicted molar refractivity (Wildman–Crippen MR) is 80.1 cm³/mol. The van der Waals surface area contributed by atoms with Crippen LogP contribution >= 0.6 is 0 Å². The third-order valence-corrected chi connectivity index (χ3v) is 3.10. The van der Waals surface area contributed by atoms with Crippen LogP contribution in [0, 0.1) is 5.82 Å². The molecule has 0 spiro atoms. The number of halogens is 1. The highest BCUT2D eigenvalue weighted by atomic mass is 19.1. The molecule has 0 saturated carbocycles. The van der Waals surface area contributed by atoms with E-state index in [1.807, 2.05) is 11.4 Å². The van der Waals surface area contributed by atoms with Crippen molar-refractivity contribution in [2.24, 2.45) is 5.73 Å². The molecule has 0 aliphatic carbocycles. The van der Waals surface area contributed by atoms with Gasteiger partial charge in [0.2, 0.25) is 5.91 Å². The second kappa shape index (κ2) is 7.33. The van der Waals surface area contributed by atoms with E-state index >= 15 is 0 Å². The molecule has 2 aromatic carbocycles. The Balaban J connectivity index is 2.16. The van der Waals surface area contributed by atoms with Crippen LogP contribution in [0.2, 0.25) is 0 Å². The highest BCUT2D eigenvalue weighted by Crippen LogP contribution is 2.15. The maximum atomic E-state index is 13.6. The van der Waals surface area contributed by atoms with E-state index in [2.05, 4.69) is 5.32 Å². The van der Waals surface area contributed by atoms with Gasteiger partial charge in [-0.05, 0) is 11.6 Å². The van der Waals surface area contributed by atoms with Crippen LogP contribution in [0.1, 0.15) is 17.2 Å². The van der Waals surface area contributed by atoms with Gasteiger partial charge in [0.05, 0.1) is 0 Å². The fourth-order valence-corrected chi connectivity index (χ4v) is 2.05. The zero-order valence-corrected chi connectivity index (χ0v) is 11.8. The normalized spacial score (nSPS) is 11.7. The number of carbonyl (C=O) groups excluding carboxylic acids is 2. The number of rotatable bonds is 5. The topological polar surface area (TPSA) is 84.2 Å². The van der Waals surface area contributed by atoms with Crippen LogP contribution in [0.4, 0.5) is 9.18 Å². The zero-order chi connectivity index (χ0) is 15.9. The SMILES string of the molecule is NC(=O)NC(=O)[C@@H](NCc1ccccc1F)c1ccccc1. The Morgan fingerprint density at radius 3 is 2.32 bits per heavy atom. The quantitative estimate of drug-likeness (QED) is 0.788. The summed E-state index contributed by atoms with van der Waals surface area (Å²) in [4.78, 5) is 23.0. The Kier molecular flexibility index (Phi) is 5.21. The van der Waals surface area contributed by atoms with Gasteiger partial charge < -0.3 is 5.73 Å². The standard InChI is InChI=1S/C16H16FN3O2/c17-13-9-5-4-8-12(13)10-19-14(15(21)20-16(18)22)11-6-2-1-3-7-11/h1-9,14,19H,10H2,(H3,18,20,21,22)/t14-/m0/s1. The third-order valence-electron chi connectivity index (χ3n) is 3.10. The van der Waals surface area contributed by atoms with Gasteiger partial charge in [-0.15, -0.1) is 0 Å². The average molecular weight is 301 g/mol. The molecule has 0 saturated heterocycles. The van der Waals surface area contributed by atoms with Crippen molar-refractivity contribution in [1.29, 1.82) is 0 Å². The Labute approximate surface area is 127 Å². The van der Waals surface area contributed by atoms with Crippen LogP contribution in [0.25, 0.3) is 0 Å². The van der Waals surface area contributed by atoms with Crippen molar-refractivity contribution in [1.82, 2.24) is 10.6 Å². The van der Waals surface area contributed by atoms with Crippen LogP contribution in [0.3, 0.4) is 0 Å². The molecule has 0 bridgehead atoms. The van der Waals surface area contributed by atoms with E-state index in [0.29, 0.717) is 11.1 Å². The maximum absolute atomic E-state index is 13.6. The first kappa shape index (κ1) is 15.7. The van der Waals surface area contributed by atoms with Gasteiger partial charge in [0.1, 0.15) is 11.9 Å². The number of hydrogen-bond donors (Lipinski definition) is 3. The first-order valence-corrected chi connectivity index (χ1v) is 6.70. The molecule has 1 atom stereocenters. The number of benzene rings is 2. The van der Waals surface area contributed by atoms with Gasteiger partial charge in [0.25, 0.3) is 0 Å². The largest absolute Gasteiger partial charge is 0.351 e. The Hall–Kier alpha value is -2.73. The van der Waals surface area contributed by atoms with E-state index < -0.39 is 18.0 Å². The highest BCUT2D eigenvalue weighted by molar-refractivity contribution is 5.96. The third kappa shape index (κ3) is 4.13. The first-order chi connectivity index (χ1) is 10.6. The molecule has 114 valence electrons. The van der Waals surface area contributed by atoms with Gasteiger partial charge in [-0.2, -0.15) is 0 Å². The molecule has 0 fully saturated rings. The van der Waals surface area contributed by atoms with Gasteiger partial charge in [0.15, 0.2) is 0 Å². The lowest BCUT2D eigenvalue weighted by atomic mass is 10.1. The Bertz CT molecular complexity index is 661. The van der Waals surface area contributed by atoms with E-state index in [-0.39, 0.29) is 12.4 Å². The molecule has 6 heteroatoms. The lowest BCUT2D eigenvalue weighted by Gasteiger charge is -2.18. The van der Waals surface area contributed by atoms with Crippen molar-refractivity contribution in [2.45, 2.75) is 12.6 Å². The minimum absolute atomic E-state index is 0.137. The summed E-state index contributed by atoms with van der Waals surface area (Å²) in [5.41, 5.74) is 6.06. The van der Waals surface area contributed by atoms with Crippen LogP contribution < -0.4 is 16.4 Å². The molecule has 0 radical (unpaired) electrons. The van der Waals surface area contributed by atoms with Gasteiger partial charge in [-0.25, -0.2) is 9.18 Å². The number of nitrogens with two attached hydrogens (primary N) is 1. The van der Waals surface area contributed by atoms with E-state index in [1.165, 1.54) is 6.07 Å². The monoisotopic (exact) mass is 301 g/mol. The summed E-state index contributed by atoms with van der Waals surface area (Å²) >= 11 is 0. The average Bonchev–Trinajstić information content (AvgIpc) is 2.49. The second-order valence-corrected chi connectivity index (χ2v) is 4.67. The Morgan fingerprint density at radius 2 is 1.68 bits per heavy atom. The van der Waals surface area contributed by atoms with Crippen LogP contribution in [-0.2, 0) is 11.3 Å². The molecule has 0 heterocycles. The molecule has 0 aliphatic rings. The Morgan fingerprint density at radius 1 is 1.05 bits per heavy atom. The summed E-state index contributed by atoms with van der Waals surface area (Å²) < 4.78 is 13.6. The maximum Gasteiger partial charge on any atom is 0.318 e. The lowest BCUT2D eigenvalue weighted by Crippen LogP contribution is -2.42. The van der Waals surface area contributed by atoms with Gasteiger partial charge in [-0.3, -0.25) is 15.4 Å². The molecular formula is C16H16FN3O2. The molecule has 0 aliphatic heterocycles. The molecule has 2 rings (SSSR count). The number of carbonyl (C=O) groups is 2. The predicted octanol–water partition coefficient (Wildman–Crippen LogP) is 1.85. The first-order valence-electron chi connectivity index (χ1n) is 6.70. The molecule has 5 nitrogen and oxygen atoms in total. The van der Waals surface area contributed by atoms with Crippen molar-refractivity contribution in [3.8, 4) is 0 Å². The number of hydrogen-bond acceptors (Lipinski definition) is 3. The van der Waals surface area contributed by atoms with E-state index in [9.17, 15) is 14.0 Å². The van der Waals surface area contributed by atoms with E-state index in [1.54, 1.807) is 42.5 Å². The molecule has 22 heavy (non-hydrogen) atoms. The van der Waals surface area contributed by atoms with Crippen LogP contribution in [0.5, 0.6) is 0 Å². The summed E-state index contributed by atoms with van der Waals surface area (Å²) in [5.74, 6) is -0.952. The van der Waals surface area contributed by atoms with Gasteiger partial charge in [0, 0.05) is 12.1 Å². The minimum atomic E-state index is -0.932. The summed E-state index contributed by atoms with van der Waals surface area (Å²) in [6.45, 7) is 0.137. The van der Waals surface area contributed by atoms with Crippen molar-refractivity contribution in [2.75, 3.05) is 0 Å². The highest BCUT2D eigenvalue weighted by Gasteiger charge is 2.21. The van der Waals surface area contributed by atoms with Gasteiger partial charge >= 0.3 is 6.03 Å². The van der Waals surface area contributed by atoms with Crippen molar-refractivity contribution < 1.29 is 14.0 Å². The number of imide groups is 1. The summed E-state index contributed by atoms with van der Waals surface area (Å²) in [6, 6.07) is 13.3. The number of urea groups is 1. The summed E-state index contributed by atoms with van der Waals surface area (Å²) in [6.07, 6.45) is 0. The van der Waals surface area contributed by atoms with Gasteiger partial charge in [-0.1, -0.05) is 48.5 Å². The number of nitrogens with one attached hydrogen (secondary N) is 2. The lowest BCUT2D eigenvalue weighted by molar-refractivity contribution is -0.122. The molecule has 0 unspecified atom stereocenters. The summed E-state index contributed by atoms with van der Waals surface area (Å²) in [7, 11) is 0. The van der Waals surface area contributed by atoms with E-state index in [4.69, 9.17) is 5.73 Å². The number of amides is 3. The molecule has 2 aromatic rings. The van der Waals surface area contributed by atoms with Crippen molar-refractivity contribution in [3.63, 3.8) is 0 Å². The van der Waals surface area contributed by atoms with Crippen molar-refractivity contribution in [3.05, 3.63) is 71.5 Å². The molecular weight excluding hydrogens is 285 g/mol. The number of primary amides is 1. The van der Waals surface area contributed by atoms with E-state index in [0.717, 1.165) is 0 Å². The minimum Gasteiger partial charge on any atom is -0.351 e. The molecule has 4 N–H and O–H groups in total. The second-order valence-electron chi connectivity index (χ2n) is 4.67.